The average Bonchev–Trinajstić information content (AvgIpc) is 2.36. The first-order chi connectivity index (χ1) is 9.00. The van der Waals surface area contributed by atoms with Gasteiger partial charge in [-0.2, -0.15) is 0 Å². The van der Waals surface area contributed by atoms with E-state index in [0.717, 1.165) is 36.1 Å². The van der Waals surface area contributed by atoms with Gasteiger partial charge in [-0.05, 0) is 46.7 Å². The summed E-state index contributed by atoms with van der Waals surface area (Å²) in [6, 6.07) is 7.61. The van der Waals surface area contributed by atoms with E-state index in [9.17, 15) is 4.79 Å². The summed E-state index contributed by atoms with van der Waals surface area (Å²) in [5.74, 6) is 0.201. The lowest BCUT2D eigenvalue weighted by molar-refractivity contribution is 0.0967. The molecule has 0 N–H and O–H groups in total. The van der Waals surface area contributed by atoms with E-state index in [4.69, 9.17) is 0 Å². The maximum Gasteiger partial charge on any atom is 0.165 e. The van der Waals surface area contributed by atoms with E-state index < -0.39 is 0 Å². The lowest BCUT2D eigenvalue weighted by Crippen LogP contribution is -2.26. The topological polar surface area (TPSA) is 23.6 Å². The summed E-state index contributed by atoms with van der Waals surface area (Å²) in [5.41, 5.74) is 0.782. The van der Waals surface area contributed by atoms with E-state index in [-0.39, 0.29) is 5.78 Å². The van der Waals surface area contributed by atoms with Gasteiger partial charge in [0.25, 0.3) is 0 Å². The van der Waals surface area contributed by atoms with Crippen molar-refractivity contribution in [1.82, 2.24) is 9.80 Å². The highest BCUT2D eigenvalue weighted by Gasteiger charge is 2.10. The zero-order valence-corrected chi connectivity index (χ0v) is 13.6. The second-order valence-electron chi connectivity index (χ2n) is 5.11. The van der Waals surface area contributed by atoms with Crippen molar-refractivity contribution in [2.45, 2.75) is 12.8 Å². The third-order valence-electron chi connectivity index (χ3n) is 3.04. The van der Waals surface area contributed by atoms with E-state index in [1.165, 1.54) is 0 Å². The van der Waals surface area contributed by atoms with Crippen LogP contribution in [0.3, 0.4) is 0 Å². The molecule has 0 radical (unpaired) electrons. The number of nitrogens with zero attached hydrogens (tertiary/aromatic N) is 2. The number of halogens is 1. The smallest absolute Gasteiger partial charge is 0.165 e. The summed E-state index contributed by atoms with van der Waals surface area (Å²) < 4.78 is 0.885. The van der Waals surface area contributed by atoms with Crippen LogP contribution >= 0.6 is 15.9 Å². The fourth-order valence-corrected chi connectivity index (χ4v) is 2.39. The van der Waals surface area contributed by atoms with Crippen LogP contribution < -0.4 is 0 Å². The Bertz CT molecular complexity index is 407. The Morgan fingerprint density at radius 2 is 1.79 bits per heavy atom. The molecule has 1 aromatic carbocycles. The molecule has 19 heavy (non-hydrogen) atoms. The quantitative estimate of drug-likeness (QED) is 0.686. The van der Waals surface area contributed by atoms with Gasteiger partial charge in [0, 0.05) is 23.0 Å². The maximum absolute atomic E-state index is 12.1. The summed E-state index contributed by atoms with van der Waals surface area (Å²) in [5, 5.41) is 0. The average molecular weight is 327 g/mol. The SMILES string of the molecule is CN(C)CCCN(C)CCC(=O)c1ccccc1Br. The number of hydrogen-bond donors (Lipinski definition) is 0. The fraction of sp³-hybridized carbons (Fsp3) is 0.533. The molecule has 0 aromatic heterocycles. The Balaban J connectivity index is 2.32. The molecule has 1 aromatic rings. The predicted molar refractivity (Wildman–Crippen MR) is 83.8 cm³/mol. The van der Waals surface area contributed by atoms with Gasteiger partial charge in [0.15, 0.2) is 5.78 Å². The molecular weight excluding hydrogens is 304 g/mol. The van der Waals surface area contributed by atoms with Crippen molar-refractivity contribution in [2.24, 2.45) is 0 Å². The van der Waals surface area contributed by atoms with Crippen molar-refractivity contribution >= 4 is 21.7 Å². The Morgan fingerprint density at radius 1 is 1.11 bits per heavy atom. The van der Waals surface area contributed by atoms with Crippen LogP contribution in [0.1, 0.15) is 23.2 Å². The van der Waals surface area contributed by atoms with Gasteiger partial charge in [-0.1, -0.05) is 34.1 Å². The minimum atomic E-state index is 0.201. The third kappa shape index (κ3) is 6.32. The summed E-state index contributed by atoms with van der Waals surface area (Å²) in [6.07, 6.45) is 1.70. The van der Waals surface area contributed by atoms with E-state index in [1.807, 2.05) is 24.3 Å². The van der Waals surface area contributed by atoms with Crippen molar-refractivity contribution in [1.29, 1.82) is 0 Å². The molecule has 0 aliphatic rings. The van der Waals surface area contributed by atoms with Gasteiger partial charge >= 0.3 is 0 Å². The molecule has 3 nitrogen and oxygen atoms in total. The number of ketones is 1. The highest BCUT2D eigenvalue weighted by atomic mass is 79.9. The molecule has 0 aliphatic heterocycles. The van der Waals surface area contributed by atoms with Crippen LogP contribution in [-0.4, -0.2) is 56.4 Å². The number of hydrogen-bond acceptors (Lipinski definition) is 3. The Hall–Kier alpha value is -0.710. The van der Waals surface area contributed by atoms with Crippen molar-refractivity contribution in [3.63, 3.8) is 0 Å². The van der Waals surface area contributed by atoms with Crippen LogP contribution in [0, 0.1) is 0 Å². The Morgan fingerprint density at radius 3 is 2.42 bits per heavy atom. The monoisotopic (exact) mass is 326 g/mol. The molecule has 1 rings (SSSR count). The number of Topliss-reactive ketones (excluding diaryl/α,β-unsaturated/α-hetero) is 1. The molecule has 106 valence electrons. The van der Waals surface area contributed by atoms with Crippen LogP contribution in [-0.2, 0) is 0 Å². The Kier molecular flexibility index (Phi) is 7.28. The van der Waals surface area contributed by atoms with Gasteiger partial charge < -0.3 is 9.80 Å². The highest BCUT2D eigenvalue weighted by Crippen LogP contribution is 2.17. The van der Waals surface area contributed by atoms with E-state index in [1.54, 1.807) is 0 Å². The first-order valence-electron chi connectivity index (χ1n) is 6.61. The molecule has 0 heterocycles. The summed E-state index contributed by atoms with van der Waals surface area (Å²) >= 11 is 3.42. The molecule has 0 saturated heterocycles. The van der Waals surface area contributed by atoms with Crippen LogP contribution in [0.2, 0.25) is 0 Å². The molecule has 0 atom stereocenters. The number of benzene rings is 1. The van der Waals surface area contributed by atoms with Gasteiger partial charge in [-0.3, -0.25) is 4.79 Å². The van der Waals surface area contributed by atoms with Crippen LogP contribution in [0.15, 0.2) is 28.7 Å². The largest absolute Gasteiger partial charge is 0.309 e. The second kappa shape index (κ2) is 8.46. The number of rotatable bonds is 8. The van der Waals surface area contributed by atoms with E-state index in [0.29, 0.717) is 6.42 Å². The maximum atomic E-state index is 12.1. The molecule has 0 saturated carbocycles. The second-order valence-corrected chi connectivity index (χ2v) is 5.97. The molecular formula is C15H23BrN2O. The fourth-order valence-electron chi connectivity index (χ4n) is 1.88. The molecule has 4 heteroatoms. The minimum absolute atomic E-state index is 0.201. The predicted octanol–water partition coefficient (Wildman–Crippen LogP) is 2.91. The zero-order chi connectivity index (χ0) is 14.3. The van der Waals surface area contributed by atoms with E-state index in [2.05, 4.69) is 46.9 Å². The van der Waals surface area contributed by atoms with Crippen molar-refractivity contribution in [3.8, 4) is 0 Å². The number of carbonyl (C=O) groups is 1. The molecule has 0 fully saturated rings. The van der Waals surface area contributed by atoms with Crippen molar-refractivity contribution in [3.05, 3.63) is 34.3 Å². The van der Waals surface area contributed by atoms with Gasteiger partial charge in [0.2, 0.25) is 0 Å². The van der Waals surface area contributed by atoms with Crippen LogP contribution in [0.25, 0.3) is 0 Å². The van der Waals surface area contributed by atoms with Gasteiger partial charge in [0.05, 0.1) is 0 Å². The van der Waals surface area contributed by atoms with Gasteiger partial charge in [-0.15, -0.1) is 0 Å². The lowest BCUT2D eigenvalue weighted by atomic mass is 10.1. The van der Waals surface area contributed by atoms with Crippen LogP contribution in [0.5, 0.6) is 0 Å². The summed E-state index contributed by atoms with van der Waals surface area (Å²) in [6.45, 7) is 2.93. The molecule has 0 amide bonds. The zero-order valence-electron chi connectivity index (χ0n) is 12.0. The highest BCUT2D eigenvalue weighted by molar-refractivity contribution is 9.10. The normalized spacial score (nSPS) is 11.3. The number of carbonyl (C=O) groups excluding carboxylic acids is 1. The van der Waals surface area contributed by atoms with Crippen molar-refractivity contribution in [2.75, 3.05) is 40.8 Å². The lowest BCUT2D eigenvalue weighted by Gasteiger charge is -2.17. The molecule has 0 spiro atoms. The summed E-state index contributed by atoms with van der Waals surface area (Å²) in [4.78, 5) is 16.5. The Labute approximate surface area is 124 Å². The van der Waals surface area contributed by atoms with Crippen molar-refractivity contribution < 1.29 is 4.79 Å². The first-order valence-corrected chi connectivity index (χ1v) is 7.41. The first kappa shape index (κ1) is 16.3. The van der Waals surface area contributed by atoms with Gasteiger partial charge in [-0.25, -0.2) is 0 Å². The molecule has 0 bridgehead atoms. The summed E-state index contributed by atoms with van der Waals surface area (Å²) in [7, 11) is 6.23. The molecule has 0 aliphatic carbocycles. The van der Waals surface area contributed by atoms with Gasteiger partial charge in [0.1, 0.15) is 0 Å². The molecule has 0 unspecified atom stereocenters. The van der Waals surface area contributed by atoms with Crippen LogP contribution in [0.4, 0.5) is 0 Å². The third-order valence-corrected chi connectivity index (χ3v) is 3.73. The standard InChI is InChI=1S/C15H23BrN2O/c1-17(2)10-6-11-18(3)12-9-15(19)13-7-4-5-8-14(13)16/h4-5,7-8H,6,9-12H2,1-3H3. The van der Waals surface area contributed by atoms with E-state index >= 15 is 0 Å². The minimum Gasteiger partial charge on any atom is -0.309 e.